The fraction of sp³-hybridized carbons (Fsp3) is 0.833. The van der Waals surface area contributed by atoms with Crippen molar-refractivity contribution < 1.29 is 44.8 Å². The largest absolute Gasteiger partial charge is 0.523 e. The minimum absolute atomic E-state index is 0.0992. The number of hydrogen-bond donors (Lipinski definition) is 1. The van der Waals surface area contributed by atoms with Crippen LogP contribution in [0.2, 0.25) is 0 Å². The lowest BCUT2D eigenvalue weighted by molar-refractivity contribution is -0.157. The molecular formula is C12H18F3NO7S. The highest BCUT2D eigenvalue weighted by atomic mass is 32.2. The van der Waals surface area contributed by atoms with Crippen LogP contribution in [0.15, 0.2) is 0 Å². The molecule has 1 aliphatic carbocycles. The van der Waals surface area contributed by atoms with Gasteiger partial charge in [-0.05, 0) is 6.42 Å². The molecule has 1 fully saturated rings. The smallest absolute Gasteiger partial charge is 0.467 e. The second-order valence-corrected chi connectivity index (χ2v) is 6.78. The molecule has 0 aromatic rings. The Morgan fingerprint density at radius 3 is 2.33 bits per heavy atom. The number of carbonyl (C=O) groups is 2. The Balaban J connectivity index is 2.69. The SMILES string of the molecule is CCCCOC(=O)N[C@]1(C(=O)OC)C[C@H](OS(=O)(=O)C(F)(F)F)C1. The van der Waals surface area contributed by atoms with Gasteiger partial charge in [-0.1, -0.05) is 13.3 Å². The minimum atomic E-state index is -5.78. The lowest BCUT2D eigenvalue weighted by atomic mass is 9.74. The zero-order valence-electron chi connectivity index (χ0n) is 13.0. The van der Waals surface area contributed by atoms with Gasteiger partial charge in [0.2, 0.25) is 0 Å². The van der Waals surface area contributed by atoms with Crippen LogP contribution in [-0.2, 0) is 28.6 Å². The summed E-state index contributed by atoms with van der Waals surface area (Å²) in [5, 5.41) is 2.20. The van der Waals surface area contributed by atoms with Crippen LogP contribution in [0.5, 0.6) is 0 Å². The molecule has 0 bridgehead atoms. The van der Waals surface area contributed by atoms with Crippen LogP contribution in [0.4, 0.5) is 18.0 Å². The van der Waals surface area contributed by atoms with Crippen molar-refractivity contribution in [3.8, 4) is 0 Å². The molecule has 0 heterocycles. The molecule has 140 valence electrons. The van der Waals surface area contributed by atoms with E-state index in [-0.39, 0.29) is 6.61 Å². The van der Waals surface area contributed by atoms with E-state index < -0.39 is 52.2 Å². The molecule has 8 nitrogen and oxygen atoms in total. The molecule has 1 aliphatic rings. The van der Waals surface area contributed by atoms with Crippen molar-refractivity contribution in [3.63, 3.8) is 0 Å². The van der Waals surface area contributed by atoms with E-state index in [0.717, 1.165) is 13.5 Å². The van der Waals surface area contributed by atoms with E-state index in [2.05, 4.69) is 14.2 Å². The number of hydrogen-bond acceptors (Lipinski definition) is 7. The second-order valence-electron chi connectivity index (χ2n) is 5.21. The van der Waals surface area contributed by atoms with Crippen LogP contribution in [0, 0.1) is 0 Å². The van der Waals surface area contributed by atoms with Gasteiger partial charge in [0.25, 0.3) is 0 Å². The van der Waals surface area contributed by atoms with E-state index in [9.17, 15) is 31.2 Å². The Morgan fingerprint density at radius 1 is 1.29 bits per heavy atom. The monoisotopic (exact) mass is 377 g/mol. The molecule has 0 aliphatic heterocycles. The van der Waals surface area contributed by atoms with E-state index in [1.807, 2.05) is 6.92 Å². The quantitative estimate of drug-likeness (QED) is 0.310. The van der Waals surface area contributed by atoms with Crippen molar-refractivity contribution in [2.24, 2.45) is 0 Å². The maximum atomic E-state index is 12.3. The molecule has 1 saturated carbocycles. The number of carbonyl (C=O) groups excluding carboxylic acids is 2. The Labute approximate surface area is 136 Å². The molecule has 1 amide bonds. The number of alkyl halides is 3. The van der Waals surface area contributed by atoms with Gasteiger partial charge in [0.15, 0.2) is 0 Å². The summed E-state index contributed by atoms with van der Waals surface area (Å²) in [6.07, 6.45) is -1.98. The zero-order valence-corrected chi connectivity index (χ0v) is 13.8. The molecule has 0 unspecified atom stereocenters. The normalized spacial score (nSPS) is 24.0. The van der Waals surface area contributed by atoms with Gasteiger partial charge in [0, 0.05) is 12.8 Å². The summed E-state index contributed by atoms with van der Waals surface area (Å²) in [5.74, 6) is -0.931. The summed E-state index contributed by atoms with van der Waals surface area (Å²) >= 11 is 0. The summed E-state index contributed by atoms with van der Waals surface area (Å²) in [7, 11) is -4.76. The number of nitrogens with one attached hydrogen (secondary N) is 1. The third-order valence-electron chi connectivity index (χ3n) is 3.35. The molecule has 0 spiro atoms. The molecule has 0 saturated heterocycles. The number of alkyl carbamates (subject to hydrolysis) is 1. The molecule has 0 aromatic heterocycles. The Hall–Kier alpha value is -1.56. The van der Waals surface area contributed by atoms with E-state index in [0.29, 0.717) is 6.42 Å². The average molecular weight is 377 g/mol. The summed E-state index contributed by atoms with van der Waals surface area (Å²) < 4.78 is 71.9. The topological polar surface area (TPSA) is 108 Å². The number of halogens is 3. The Kier molecular flexibility index (Phi) is 6.45. The highest BCUT2D eigenvalue weighted by Gasteiger charge is 2.57. The maximum Gasteiger partial charge on any atom is 0.523 e. The minimum Gasteiger partial charge on any atom is -0.467 e. The van der Waals surface area contributed by atoms with Crippen LogP contribution in [-0.4, -0.2) is 51.3 Å². The maximum absolute atomic E-state index is 12.3. The molecule has 24 heavy (non-hydrogen) atoms. The fourth-order valence-electron chi connectivity index (χ4n) is 2.08. The first kappa shape index (κ1) is 20.5. The lowest BCUT2D eigenvalue weighted by Gasteiger charge is -2.43. The van der Waals surface area contributed by atoms with Gasteiger partial charge in [-0.3, -0.25) is 4.18 Å². The van der Waals surface area contributed by atoms with Gasteiger partial charge in [-0.25, -0.2) is 9.59 Å². The number of unbranched alkanes of at least 4 members (excludes halogenated alkanes) is 1. The molecular weight excluding hydrogens is 359 g/mol. The molecule has 0 radical (unpaired) electrons. The Morgan fingerprint density at radius 2 is 1.88 bits per heavy atom. The fourth-order valence-corrected chi connectivity index (χ4v) is 2.68. The highest BCUT2D eigenvalue weighted by molar-refractivity contribution is 7.87. The van der Waals surface area contributed by atoms with Crippen molar-refractivity contribution in [2.45, 2.75) is 49.8 Å². The van der Waals surface area contributed by atoms with E-state index >= 15 is 0 Å². The van der Waals surface area contributed by atoms with E-state index in [1.54, 1.807) is 0 Å². The van der Waals surface area contributed by atoms with Gasteiger partial charge >= 0.3 is 27.7 Å². The van der Waals surface area contributed by atoms with Crippen LogP contribution >= 0.6 is 0 Å². The van der Waals surface area contributed by atoms with Crippen LogP contribution in [0.3, 0.4) is 0 Å². The predicted molar refractivity (Wildman–Crippen MR) is 73.2 cm³/mol. The standard InChI is InChI=1S/C12H18F3NO7S/c1-3-4-5-22-10(18)16-11(9(17)21-2)6-8(7-11)23-24(19,20)12(13,14)15/h8H,3-7H2,1-2H3,(H,16,18)/t8-,11+. The van der Waals surface area contributed by atoms with Crippen LogP contribution in [0.25, 0.3) is 0 Å². The predicted octanol–water partition coefficient (Wildman–Crippen LogP) is 1.45. The molecule has 0 aromatic carbocycles. The first-order valence-electron chi connectivity index (χ1n) is 7.00. The third-order valence-corrected chi connectivity index (χ3v) is 4.44. The molecule has 1 rings (SSSR count). The number of methoxy groups -OCH3 is 1. The summed E-state index contributed by atoms with van der Waals surface area (Å²) in [4.78, 5) is 23.4. The summed E-state index contributed by atoms with van der Waals surface area (Å²) in [6, 6.07) is 0. The second kappa shape index (κ2) is 7.55. The van der Waals surface area contributed by atoms with Gasteiger partial charge in [0.1, 0.15) is 5.54 Å². The van der Waals surface area contributed by atoms with Crippen molar-refractivity contribution in [1.82, 2.24) is 5.32 Å². The first-order chi connectivity index (χ1) is 11.0. The summed E-state index contributed by atoms with van der Waals surface area (Å²) in [5.41, 5.74) is -7.24. The summed E-state index contributed by atoms with van der Waals surface area (Å²) in [6.45, 7) is 1.97. The van der Waals surface area contributed by atoms with E-state index in [1.165, 1.54) is 0 Å². The van der Waals surface area contributed by atoms with Crippen molar-refractivity contribution in [1.29, 1.82) is 0 Å². The zero-order chi connectivity index (χ0) is 18.6. The van der Waals surface area contributed by atoms with E-state index in [4.69, 9.17) is 4.74 Å². The third kappa shape index (κ3) is 4.72. The van der Waals surface area contributed by atoms with Gasteiger partial charge in [-0.15, -0.1) is 0 Å². The van der Waals surface area contributed by atoms with Crippen molar-refractivity contribution in [3.05, 3.63) is 0 Å². The first-order valence-corrected chi connectivity index (χ1v) is 8.41. The lowest BCUT2D eigenvalue weighted by Crippen LogP contribution is -2.65. The Bertz CT molecular complexity index is 570. The highest BCUT2D eigenvalue weighted by Crippen LogP contribution is 2.39. The van der Waals surface area contributed by atoms with Crippen LogP contribution in [0.1, 0.15) is 32.6 Å². The number of esters is 1. The molecule has 12 heteroatoms. The van der Waals surface area contributed by atoms with Crippen molar-refractivity contribution in [2.75, 3.05) is 13.7 Å². The van der Waals surface area contributed by atoms with Crippen molar-refractivity contribution >= 4 is 22.2 Å². The molecule has 1 N–H and O–H groups in total. The number of amides is 1. The van der Waals surface area contributed by atoms with Gasteiger partial charge in [0.05, 0.1) is 19.8 Å². The average Bonchev–Trinajstić information content (AvgIpc) is 2.42. The van der Waals surface area contributed by atoms with Crippen LogP contribution < -0.4 is 5.32 Å². The van der Waals surface area contributed by atoms with Gasteiger partial charge in [-0.2, -0.15) is 21.6 Å². The number of rotatable bonds is 7. The number of ether oxygens (including phenoxy) is 2. The van der Waals surface area contributed by atoms with Gasteiger partial charge < -0.3 is 14.8 Å². The molecule has 0 atom stereocenters.